The number of likely N-dealkylation sites (tertiary alicyclic amines) is 1. The highest BCUT2D eigenvalue weighted by molar-refractivity contribution is 5.87. The predicted octanol–water partition coefficient (Wildman–Crippen LogP) is 4.96. The maximum atomic E-state index is 12.4. The molecule has 1 aliphatic heterocycles. The van der Waals surface area contributed by atoms with Crippen LogP contribution >= 0.6 is 0 Å². The average molecular weight is 281 g/mol. The Bertz CT molecular complexity index is 267. The van der Waals surface area contributed by atoms with Crippen molar-refractivity contribution in [2.24, 2.45) is 0 Å². The van der Waals surface area contributed by atoms with Crippen LogP contribution in [0.1, 0.15) is 91.4 Å². The molecule has 2 heteroatoms. The lowest BCUT2D eigenvalue weighted by Gasteiger charge is -2.34. The molecule has 0 bridgehead atoms. The second-order valence-electron chi connectivity index (χ2n) is 6.90. The highest BCUT2D eigenvalue weighted by Gasteiger charge is 2.34. The van der Waals surface area contributed by atoms with Crippen molar-refractivity contribution >= 4 is 5.78 Å². The van der Waals surface area contributed by atoms with E-state index < -0.39 is 0 Å². The van der Waals surface area contributed by atoms with Crippen molar-refractivity contribution < 1.29 is 4.79 Å². The summed E-state index contributed by atoms with van der Waals surface area (Å²) in [5.74, 6) is 0.449. The molecule has 0 N–H and O–H groups in total. The van der Waals surface area contributed by atoms with Gasteiger partial charge in [-0.3, -0.25) is 9.69 Å². The molecule has 1 fully saturated rings. The Morgan fingerprint density at radius 2 is 1.40 bits per heavy atom. The lowest BCUT2D eigenvalue weighted by atomic mass is 9.92. The minimum Gasteiger partial charge on any atom is -0.298 e. The van der Waals surface area contributed by atoms with Crippen LogP contribution in [0, 0.1) is 0 Å². The summed E-state index contributed by atoms with van der Waals surface area (Å²) in [6.07, 6.45) is 13.7. The second-order valence-corrected chi connectivity index (χ2v) is 6.90. The van der Waals surface area contributed by atoms with Gasteiger partial charge in [-0.15, -0.1) is 0 Å². The van der Waals surface area contributed by atoms with Crippen molar-refractivity contribution in [3.05, 3.63) is 0 Å². The predicted molar refractivity (Wildman–Crippen MR) is 87.1 cm³/mol. The summed E-state index contributed by atoms with van der Waals surface area (Å²) < 4.78 is 0. The van der Waals surface area contributed by atoms with Crippen LogP contribution in [-0.2, 0) is 4.79 Å². The Hall–Kier alpha value is -0.370. The molecule has 0 spiro atoms. The zero-order valence-electron chi connectivity index (χ0n) is 14.0. The molecule has 1 saturated heterocycles. The Morgan fingerprint density at radius 3 is 1.95 bits per heavy atom. The molecule has 118 valence electrons. The number of hydrogen-bond acceptors (Lipinski definition) is 2. The van der Waals surface area contributed by atoms with Gasteiger partial charge in [0.1, 0.15) is 0 Å². The number of hydrogen-bond donors (Lipinski definition) is 0. The lowest BCUT2D eigenvalue weighted by Crippen LogP contribution is -2.48. The third-order valence-electron chi connectivity index (χ3n) is 4.84. The number of carbonyl (C=O) groups excluding carboxylic acids is 1. The van der Waals surface area contributed by atoms with Crippen molar-refractivity contribution in [2.75, 3.05) is 13.1 Å². The molecule has 0 aromatic carbocycles. The summed E-state index contributed by atoms with van der Waals surface area (Å²) in [7, 11) is 0. The van der Waals surface area contributed by atoms with Crippen LogP contribution in [0.3, 0.4) is 0 Å². The summed E-state index contributed by atoms with van der Waals surface area (Å²) in [6.45, 7) is 8.71. The highest BCUT2D eigenvalue weighted by Crippen LogP contribution is 2.24. The van der Waals surface area contributed by atoms with Gasteiger partial charge >= 0.3 is 0 Å². The van der Waals surface area contributed by atoms with E-state index in [1.54, 1.807) is 0 Å². The molecule has 0 unspecified atom stereocenters. The molecule has 1 rings (SSSR count). The lowest BCUT2D eigenvalue weighted by molar-refractivity contribution is -0.129. The van der Waals surface area contributed by atoms with E-state index in [4.69, 9.17) is 0 Å². The molecule has 20 heavy (non-hydrogen) atoms. The SMILES string of the molecule is CCCCCCCCCCC(=O)C(C)(C)N1CCCC1. The fourth-order valence-corrected chi connectivity index (χ4v) is 3.18. The van der Waals surface area contributed by atoms with Crippen LogP contribution in [0.4, 0.5) is 0 Å². The molecular weight excluding hydrogens is 246 g/mol. The monoisotopic (exact) mass is 281 g/mol. The maximum Gasteiger partial charge on any atom is 0.152 e. The minimum absolute atomic E-state index is 0.225. The molecule has 1 aliphatic rings. The Balaban J connectivity index is 2.07. The number of carbonyl (C=O) groups is 1. The Labute approximate surface area is 126 Å². The fourth-order valence-electron chi connectivity index (χ4n) is 3.18. The molecule has 2 nitrogen and oxygen atoms in total. The zero-order chi connectivity index (χ0) is 14.8. The first-order valence-electron chi connectivity index (χ1n) is 8.87. The summed E-state index contributed by atoms with van der Waals surface area (Å²) in [4.78, 5) is 14.8. The number of rotatable bonds is 11. The van der Waals surface area contributed by atoms with E-state index in [1.807, 2.05) is 0 Å². The van der Waals surface area contributed by atoms with Gasteiger partial charge in [0.2, 0.25) is 0 Å². The fraction of sp³-hybridized carbons (Fsp3) is 0.944. The van der Waals surface area contributed by atoms with Gasteiger partial charge in [0.15, 0.2) is 5.78 Å². The van der Waals surface area contributed by atoms with E-state index in [9.17, 15) is 4.79 Å². The van der Waals surface area contributed by atoms with Gasteiger partial charge in [-0.2, -0.15) is 0 Å². The third-order valence-corrected chi connectivity index (χ3v) is 4.84. The third kappa shape index (κ3) is 5.95. The van der Waals surface area contributed by atoms with Gasteiger partial charge < -0.3 is 0 Å². The van der Waals surface area contributed by atoms with Crippen molar-refractivity contribution in [1.29, 1.82) is 0 Å². The van der Waals surface area contributed by atoms with Gasteiger partial charge in [0.05, 0.1) is 5.54 Å². The van der Waals surface area contributed by atoms with Gasteiger partial charge in [-0.1, -0.05) is 51.9 Å². The van der Waals surface area contributed by atoms with Crippen LogP contribution in [0.5, 0.6) is 0 Å². The van der Waals surface area contributed by atoms with Crippen molar-refractivity contribution in [3.8, 4) is 0 Å². The van der Waals surface area contributed by atoms with E-state index in [0.29, 0.717) is 5.78 Å². The zero-order valence-corrected chi connectivity index (χ0v) is 14.0. The van der Waals surface area contributed by atoms with Crippen LogP contribution in [-0.4, -0.2) is 29.3 Å². The van der Waals surface area contributed by atoms with E-state index in [-0.39, 0.29) is 5.54 Å². The van der Waals surface area contributed by atoms with Crippen molar-refractivity contribution in [2.45, 2.75) is 96.9 Å². The van der Waals surface area contributed by atoms with E-state index in [0.717, 1.165) is 25.9 Å². The molecule has 0 amide bonds. The van der Waals surface area contributed by atoms with Gasteiger partial charge in [0.25, 0.3) is 0 Å². The molecule has 0 aromatic rings. The Kier molecular flexibility index (Phi) is 8.44. The summed E-state index contributed by atoms with van der Waals surface area (Å²) in [6, 6.07) is 0. The molecule has 0 atom stereocenters. The van der Waals surface area contributed by atoms with Crippen LogP contribution in [0.15, 0.2) is 0 Å². The van der Waals surface area contributed by atoms with Gasteiger partial charge in [-0.25, -0.2) is 0 Å². The van der Waals surface area contributed by atoms with E-state index in [1.165, 1.54) is 57.8 Å². The first-order chi connectivity index (χ1) is 9.59. The Morgan fingerprint density at radius 1 is 0.900 bits per heavy atom. The maximum absolute atomic E-state index is 12.4. The van der Waals surface area contributed by atoms with E-state index >= 15 is 0 Å². The van der Waals surface area contributed by atoms with Crippen LogP contribution in [0.25, 0.3) is 0 Å². The standard InChI is InChI=1S/C18H35NO/c1-4-5-6-7-8-9-10-11-14-17(20)18(2,3)19-15-12-13-16-19/h4-16H2,1-3H3. The van der Waals surface area contributed by atoms with Crippen LogP contribution in [0.2, 0.25) is 0 Å². The minimum atomic E-state index is -0.225. The highest BCUT2D eigenvalue weighted by atomic mass is 16.1. The van der Waals surface area contributed by atoms with E-state index in [2.05, 4.69) is 25.7 Å². The first-order valence-corrected chi connectivity index (χ1v) is 8.87. The first kappa shape index (κ1) is 17.7. The van der Waals surface area contributed by atoms with Crippen LogP contribution < -0.4 is 0 Å². The molecule has 0 aliphatic carbocycles. The largest absolute Gasteiger partial charge is 0.298 e. The molecular formula is C18H35NO. The summed E-state index contributed by atoms with van der Waals surface area (Å²) in [5.41, 5.74) is -0.225. The quantitative estimate of drug-likeness (QED) is 0.499. The smallest absolute Gasteiger partial charge is 0.152 e. The number of Topliss-reactive ketones (excluding diaryl/α,β-unsaturated/α-hetero) is 1. The number of nitrogens with zero attached hydrogens (tertiary/aromatic N) is 1. The normalized spacial score (nSPS) is 16.8. The van der Waals surface area contributed by atoms with Crippen molar-refractivity contribution in [3.63, 3.8) is 0 Å². The average Bonchev–Trinajstić information content (AvgIpc) is 2.96. The second kappa shape index (κ2) is 9.55. The number of unbranched alkanes of at least 4 members (excludes halogenated alkanes) is 7. The number of ketones is 1. The summed E-state index contributed by atoms with van der Waals surface area (Å²) >= 11 is 0. The van der Waals surface area contributed by atoms with Gasteiger partial charge in [-0.05, 0) is 46.2 Å². The molecule has 0 aromatic heterocycles. The topological polar surface area (TPSA) is 20.3 Å². The van der Waals surface area contributed by atoms with Crippen molar-refractivity contribution in [1.82, 2.24) is 4.90 Å². The molecule has 0 saturated carbocycles. The molecule has 1 heterocycles. The molecule has 0 radical (unpaired) electrons. The van der Waals surface area contributed by atoms with Gasteiger partial charge in [0, 0.05) is 6.42 Å². The summed E-state index contributed by atoms with van der Waals surface area (Å²) in [5, 5.41) is 0.